The second-order valence-electron chi connectivity index (χ2n) is 7.17. The third kappa shape index (κ3) is 10.3. The third-order valence-corrected chi connectivity index (χ3v) is 4.84. The Balaban J connectivity index is 0.00000420. The van der Waals surface area contributed by atoms with E-state index >= 15 is 0 Å². The molecule has 0 aliphatic heterocycles. The molecular formula is C22H37IN4O2. The highest BCUT2D eigenvalue weighted by molar-refractivity contribution is 14.0. The molecule has 0 saturated heterocycles. The molecule has 1 saturated carbocycles. The topological polar surface area (TPSA) is 74.8 Å². The van der Waals surface area contributed by atoms with E-state index in [2.05, 4.69) is 27.9 Å². The first kappa shape index (κ1) is 25.7. The Kier molecular flexibility index (Phi) is 13.7. The molecular weight excluding hydrogens is 479 g/mol. The number of amides is 1. The molecule has 1 aliphatic carbocycles. The highest BCUT2D eigenvalue weighted by atomic mass is 127. The molecule has 7 heteroatoms. The quantitative estimate of drug-likeness (QED) is 0.153. The van der Waals surface area contributed by atoms with E-state index in [1.54, 1.807) is 0 Å². The van der Waals surface area contributed by atoms with Gasteiger partial charge >= 0.3 is 0 Å². The molecule has 1 fully saturated rings. The summed E-state index contributed by atoms with van der Waals surface area (Å²) in [5.41, 5.74) is 1.68. The lowest BCUT2D eigenvalue weighted by atomic mass is 10.1. The van der Waals surface area contributed by atoms with Crippen molar-refractivity contribution in [3.63, 3.8) is 0 Å². The van der Waals surface area contributed by atoms with Crippen molar-refractivity contribution in [2.75, 3.05) is 26.2 Å². The van der Waals surface area contributed by atoms with Crippen molar-refractivity contribution in [2.45, 2.75) is 65.0 Å². The summed E-state index contributed by atoms with van der Waals surface area (Å²) in [6, 6.07) is 7.61. The van der Waals surface area contributed by atoms with Crippen LogP contribution in [0.15, 0.2) is 29.3 Å². The van der Waals surface area contributed by atoms with E-state index in [4.69, 9.17) is 4.74 Å². The lowest BCUT2D eigenvalue weighted by Crippen LogP contribution is -2.39. The van der Waals surface area contributed by atoms with Crippen LogP contribution in [-0.4, -0.2) is 44.2 Å². The maximum Gasteiger partial charge on any atom is 0.251 e. The maximum atomic E-state index is 12.0. The smallest absolute Gasteiger partial charge is 0.251 e. The Morgan fingerprint density at radius 1 is 1.07 bits per heavy atom. The van der Waals surface area contributed by atoms with Gasteiger partial charge in [0.2, 0.25) is 0 Å². The number of halogens is 1. The van der Waals surface area contributed by atoms with Crippen molar-refractivity contribution >= 4 is 35.8 Å². The summed E-state index contributed by atoms with van der Waals surface area (Å²) < 4.78 is 6.03. The van der Waals surface area contributed by atoms with E-state index in [1.807, 2.05) is 31.2 Å². The molecule has 0 aromatic heterocycles. The highest BCUT2D eigenvalue weighted by Crippen LogP contribution is 2.19. The molecule has 6 nitrogen and oxygen atoms in total. The molecule has 3 N–H and O–H groups in total. The molecule has 1 aliphatic rings. The van der Waals surface area contributed by atoms with Crippen LogP contribution in [0.3, 0.4) is 0 Å². The number of hydrogen-bond donors (Lipinski definition) is 3. The van der Waals surface area contributed by atoms with Gasteiger partial charge in [-0.3, -0.25) is 4.79 Å². The van der Waals surface area contributed by atoms with Crippen molar-refractivity contribution in [1.29, 1.82) is 0 Å². The summed E-state index contributed by atoms with van der Waals surface area (Å²) >= 11 is 0. The maximum absolute atomic E-state index is 12.0. The number of carbonyl (C=O) groups excluding carboxylic acids is 1. The minimum Gasteiger partial charge on any atom is -0.376 e. The van der Waals surface area contributed by atoms with Crippen molar-refractivity contribution in [3.05, 3.63) is 35.4 Å². The second kappa shape index (κ2) is 15.5. The molecule has 0 bridgehead atoms. The molecule has 1 aromatic carbocycles. The Morgan fingerprint density at radius 2 is 1.79 bits per heavy atom. The predicted octanol–water partition coefficient (Wildman–Crippen LogP) is 3.85. The van der Waals surface area contributed by atoms with Gasteiger partial charge in [0, 0.05) is 25.2 Å². The summed E-state index contributed by atoms with van der Waals surface area (Å²) in [7, 11) is 0. The fourth-order valence-corrected chi connectivity index (χ4v) is 3.39. The normalized spacial score (nSPS) is 15.2. The summed E-state index contributed by atoms with van der Waals surface area (Å²) in [5, 5.41) is 9.43. The average Bonchev–Trinajstić information content (AvgIpc) is 2.98. The fourth-order valence-electron chi connectivity index (χ4n) is 3.39. The minimum atomic E-state index is -0.0472. The molecule has 164 valence electrons. The van der Waals surface area contributed by atoms with Crippen LogP contribution in [0.25, 0.3) is 0 Å². The van der Waals surface area contributed by atoms with Crippen molar-refractivity contribution in [1.82, 2.24) is 16.0 Å². The van der Waals surface area contributed by atoms with Crippen LogP contribution < -0.4 is 16.0 Å². The monoisotopic (exact) mass is 516 g/mol. The van der Waals surface area contributed by atoms with Crippen LogP contribution in [0, 0.1) is 0 Å². The fraction of sp³-hybridized carbons (Fsp3) is 0.636. The van der Waals surface area contributed by atoms with Gasteiger partial charge in [0.25, 0.3) is 5.91 Å². The summed E-state index contributed by atoms with van der Waals surface area (Å²) in [6.07, 6.45) is 8.06. The van der Waals surface area contributed by atoms with Gasteiger partial charge in [-0.25, -0.2) is 4.99 Å². The Bertz CT molecular complexity index is 617. The minimum absolute atomic E-state index is 0. The van der Waals surface area contributed by atoms with Crippen molar-refractivity contribution in [3.8, 4) is 0 Å². The molecule has 2 rings (SSSR count). The van der Waals surface area contributed by atoms with Gasteiger partial charge in [-0.05, 0) is 44.4 Å². The van der Waals surface area contributed by atoms with Crippen molar-refractivity contribution < 1.29 is 9.53 Å². The van der Waals surface area contributed by atoms with E-state index < -0.39 is 0 Å². The van der Waals surface area contributed by atoms with Gasteiger partial charge in [-0.1, -0.05) is 37.8 Å². The predicted molar refractivity (Wildman–Crippen MR) is 130 cm³/mol. The standard InChI is InChI=1S/C22H36N4O2.HI/c1-3-23-21(27)19-11-9-10-18(16-19)17-26-22(24-4-2)25-14-15-28-20-12-7-5-6-8-13-20;/h9-11,16,20H,3-8,12-15,17H2,1-2H3,(H,23,27)(H2,24,25,26);1H. The van der Waals surface area contributed by atoms with Gasteiger partial charge in [0.1, 0.15) is 0 Å². The number of guanidine groups is 1. The summed E-state index contributed by atoms with van der Waals surface area (Å²) in [4.78, 5) is 16.6. The Morgan fingerprint density at radius 3 is 2.48 bits per heavy atom. The van der Waals surface area contributed by atoms with Crippen LogP contribution in [0.2, 0.25) is 0 Å². The molecule has 0 radical (unpaired) electrons. The lowest BCUT2D eigenvalue weighted by molar-refractivity contribution is 0.0468. The number of hydrogen-bond acceptors (Lipinski definition) is 3. The first-order valence-electron chi connectivity index (χ1n) is 10.7. The number of benzene rings is 1. The number of nitrogens with one attached hydrogen (secondary N) is 3. The Hall–Kier alpha value is -1.35. The van der Waals surface area contributed by atoms with Gasteiger partial charge in [-0.15, -0.1) is 24.0 Å². The highest BCUT2D eigenvalue weighted by Gasteiger charge is 2.12. The van der Waals surface area contributed by atoms with E-state index in [0.29, 0.717) is 31.4 Å². The molecule has 0 heterocycles. The van der Waals surface area contributed by atoms with E-state index in [-0.39, 0.29) is 29.9 Å². The van der Waals surface area contributed by atoms with Crippen molar-refractivity contribution in [2.24, 2.45) is 4.99 Å². The number of rotatable bonds is 9. The molecule has 0 unspecified atom stereocenters. The van der Waals surface area contributed by atoms with Crippen LogP contribution in [0.4, 0.5) is 0 Å². The number of carbonyl (C=O) groups is 1. The van der Waals surface area contributed by atoms with Gasteiger partial charge in [0.05, 0.1) is 19.3 Å². The lowest BCUT2D eigenvalue weighted by Gasteiger charge is -2.16. The summed E-state index contributed by atoms with van der Waals surface area (Å²) in [5.74, 6) is 0.726. The summed E-state index contributed by atoms with van der Waals surface area (Å²) in [6.45, 7) is 7.34. The van der Waals surface area contributed by atoms with E-state index in [0.717, 1.165) is 24.6 Å². The SMILES string of the molecule is CCNC(=O)c1cccc(CN=C(NCC)NCCOC2CCCCCC2)c1.I. The molecule has 1 amide bonds. The zero-order valence-electron chi connectivity index (χ0n) is 17.8. The largest absolute Gasteiger partial charge is 0.376 e. The zero-order chi connectivity index (χ0) is 20.0. The van der Waals surface area contributed by atoms with E-state index in [1.165, 1.54) is 38.5 Å². The van der Waals surface area contributed by atoms with Gasteiger partial charge in [0.15, 0.2) is 5.96 Å². The van der Waals surface area contributed by atoms with Gasteiger partial charge < -0.3 is 20.7 Å². The van der Waals surface area contributed by atoms with Crippen LogP contribution in [-0.2, 0) is 11.3 Å². The number of ether oxygens (including phenoxy) is 1. The van der Waals surface area contributed by atoms with Gasteiger partial charge in [-0.2, -0.15) is 0 Å². The molecule has 0 spiro atoms. The molecule has 1 aromatic rings. The molecule has 0 atom stereocenters. The number of nitrogens with zero attached hydrogens (tertiary/aromatic N) is 1. The molecule has 29 heavy (non-hydrogen) atoms. The first-order valence-corrected chi connectivity index (χ1v) is 10.7. The average molecular weight is 516 g/mol. The number of aliphatic imine (C=N–C) groups is 1. The first-order chi connectivity index (χ1) is 13.7. The third-order valence-electron chi connectivity index (χ3n) is 4.84. The Labute approximate surface area is 192 Å². The van der Waals surface area contributed by atoms with Crippen LogP contribution in [0.5, 0.6) is 0 Å². The second-order valence-corrected chi connectivity index (χ2v) is 7.17. The van der Waals surface area contributed by atoms with Crippen LogP contribution in [0.1, 0.15) is 68.3 Å². The zero-order valence-corrected chi connectivity index (χ0v) is 20.2. The van der Waals surface area contributed by atoms with E-state index in [9.17, 15) is 4.79 Å². The van der Waals surface area contributed by atoms with Crippen LogP contribution >= 0.6 is 24.0 Å².